The van der Waals surface area contributed by atoms with E-state index in [0.717, 1.165) is 11.1 Å². The van der Waals surface area contributed by atoms with E-state index in [9.17, 15) is 9.59 Å². The lowest BCUT2D eigenvalue weighted by Crippen LogP contribution is -2.36. The highest BCUT2D eigenvalue weighted by Gasteiger charge is 2.16. The Morgan fingerprint density at radius 3 is 2.48 bits per heavy atom. The van der Waals surface area contributed by atoms with Gasteiger partial charge in [0.2, 0.25) is 5.82 Å². The number of hydrogen-bond acceptors (Lipinski definition) is 6. The second kappa shape index (κ2) is 10.3. The quantitative estimate of drug-likeness (QED) is 0.495. The summed E-state index contributed by atoms with van der Waals surface area (Å²) in [5, 5.41) is 10.2. The summed E-state index contributed by atoms with van der Waals surface area (Å²) in [6.45, 7) is 3.97. The molecule has 2 N–H and O–H groups in total. The van der Waals surface area contributed by atoms with Crippen molar-refractivity contribution in [2.45, 2.75) is 13.8 Å². The van der Waals surface area contributed by atoms with Gasteiger partial charge in [-0.3, -0.25) is 9.59 Å². The van der Waals surface area contributed by atoms with Crippen LogP contribution in [0.25, 0.3) is 11.4 Å². The van der Waals surface area contributed by atoms with Crippen molar-refractivity contribution in [1.82, 2.24) is 20.8 Å². The molecule has 0 fully saturated rings. The van der Waals surface area contributed by atoms with Crippen LogP contribution in [0, 0.1) is 13.8 Å². The van der Waals surface area contributed by atoms with Gasteiger partial charge in [0, 0.05) is 28.7 Å². The van der Waals surface area contributed by atoms with Crippen LogP contribution in [0.4, 0.5) is 0 Å². The van der Waals surface area contributed by atoms with Crippen molar-refractivity contribution in [1.29, 1.82) is 0 Å². The number of rotatable bonds is 8. The van der Waals surface area contributed by atoms with Gasteiger partial charge in [-0.05, 0) is 49.2 Å². The lowest BCUT2D eigenvalue weighted by atomic mass is 10.1. The molecule has 8 nitrogen and oxygen atoms in total. The Labute approximate surface area is 188 Å². The second-order valence-corrected chi connectivity index (χ2v) is 7.51. The average Bonchev–Trinajstić information content (AvgIpc) is 3.24. The van der Waals surface area contributed by atoms with E-state index >= 15 is 0 Å². The Kier molecular flexibility index (Phi) is 7.49. The molecule has 0 aliphatic carbocycles. The Balaban J connectivity index is 1.40. The Morgan fingerprint density at radius 1 is 1.06 bits per heavy atom. The number of amides is 2. The number of halogens is 2. The van der Waals surface area contributed by atoms with E-state index in [1.807, 2.05) is 13.8 Å². The fraction of sp³-hybridized carbons (Fsp3) is 0.238. The lowest BCUT2D eigenvalue weighted by Gasteiger charge is -2.10. The number of ether oxygens (including phenoxy) is 1. The molecule has 0 atom stereocenters. The summed E-state index contributed by atoms with van der Waals surface area (Å²) < 4.78 is 10.5. The molecule has 3 rings (SSSR count). The van der Waals surface area contributed by atoms with Crippen LogP contribution in [-0.2, 0) is 4.79 Å². The normalized spacial score (nSPS) is 10.6. The molecule has 3 aromatic rings. The molecule has 0 bridgehead atoms. The van der Waals surface area contributed by atoms with Crippen molar-refractivity contribution >= 4 is 35.0 Å². The minimum Gasteiger partial charge on any atom is -0.484 e. The number of aromatic nitrogens is 2. The van der Waals surface area contributed by atoms with Gasteiger partial charge in [0.15, 0.2) is 6.61 Å². The predicted octanol–water partition coefficient (Wildman–Crippen LogP) is 3.59. The van der Waals surface area contributed by atoms with Crippen LogP contribution in [0.15, 0.2) is 40.9 Å². The summed E-state index contributed by atoms with van der Waals surface area (Å²) in [7, 11) is 0. The zero-order valence-electron chi connectivity index (χ0n) is 16.9. The van der Waals surface area contributed by atoms with E-state index in [0.29, 0.717) is 21.4 Å². The standard InChI is InChI=1S/C21H20Cl2N4O4/c1-12-8-16(9-13(2)18(12)23)30-11-17(28)24-6-7-25-20(29)21-26-19(27-31-21)14-4-3-5-15(22)10-14/h3-5,8-10H,6-7,11H2,1-2H3,(H,24,28)(H,25,29). The first-order valence-corrected chi connectivity index (χ1v) is 10.1. The van der Waals surface area contributed by atoms with Crippen LogP contribution >= 0.6 is 23.2 Å². The molecule has 0 unspecified atom stereocenters. The Hall–Kier alpha value is -3.10. The van der Waals surface area contributed by atoms with Crippen LogP contribution < -0.4 is 15.4 Å². The Bertz CT molecular complexity index is 1080. The van der Waals surface area contributed by atoms with E-state index in [-0.39, 0.29) is 37.3 Å². The maximum absolute atomic E-state index is 12.1. The second-order valence-electron chi connectivity index (χ2n) is 6.70. The lowest BCUT2D eigenvalue weighted by molar-refractivity contribution is -0.123. The third-order valence-corrected chi connectivity index (χ3v) is 5.05. The average molecular weight is 463 g/mol. The molecule has 10 heteroatoms. The molecule has 1 aromatic heterocycles. The van der Waals surface area contributed by atoms with Crippen molar-refractivity contribution < 1.29 is 18.8 Å². The molecule has 31 heavy (non-hydrogen) atoms. The summed E-state index contributed by atoms with van der Waals surface area (Å²) in [6.07, 6.45) is 0. The van der Waals surface area contributed by atoms with Gasteiger partial charge in [0.1, 0.15) is 5.75 Å². The summed E-state index contributed by atoms with van der Waals surface area (Å²) in [6, 6.07) is 10.4. The smallest absolute Gasteiger partial charge is 0.316 e. The molecule has 0 saturated heterocycles. The maximum atomic E-state index is 12.1. The third-order valence-electron chi connectivity index (χ3n) is 4.22. The van der Waals surface area contributed by atoms with Crippen LogP contribution in [-0.4, -0.2) is 41.7 Å². The van der Waals surface area contributed by atoms with Gasteiger partial charge in [-0.15, -0.1) is 0 Å². The number of hydrogen-bond donors (Lipinski definition) is 2. The summed E-state index contributed by atoms with van der Waals surface area (Å²) in [5.41, 5.74) is 2.38. The SMILES string of the molecule is Cc1cc(OCC(=O)NCCNC(=O)c2nc(-c3cccc(Cl)c3)no2)cc(C)c1Cl. The molecule has 2 amide bonds. The van der Waals surface area contributed by atoms with E-state index < -0.39 is 5.91 Å². The highest BCUT2D eigenvalue weighted by Crippen LogP contribution is 2.25. The van der Waals surface area contributed by atoms with Crippen molar-refractivity contribution in [2.75, 3.05) is 19.7 Å². The van der Waals surface area contributed by atoms with Gasteiger partial charge in [-0.2, -0.15) is 4.98 Å². The molecule has 1 heterocycles. The fourth-order valence-corrected chi connectivity index (χ4v) is 3.00. The molecule has 2 aromatic carbocycles. The topological polar surface area (TPSA) is 106 Å². The molecule has 0 aliphatic heterocycles. The number of nitrogens with zero attached hydrogens (tertiary/aromatic N) is 2. The minimum absolute atomic E-state index is 0.152. The molecule has 162 valence electrons. The number of benzene rings is 2. The fourth-order valence-electron chi connectivity index (χ4n) is 2.70. The summed E-state index contributed by atoms with van der Waals surface area (Å²) in [5.74, 6) is -0.224. The molecule has 0 aliphatic rings. The first kappa shape index (κ1) is 22.6. The van der Waals surface area contributed by atoms with Gasteiger partial charge in [0.05, 0.1) is 0 Å². The van der Waals surface area contributed by atoms with E-state index in [1.54, 1.807) is 36.4 Å². The number of carbonyl (C=O) groups excluding carboxylic acids is 2. The highest BCUT2D eigenvalue weighted by atomic mass is 35.5. The zero-order chi connectivity index (χ0) is 22.4. The van der Waals surface area contributed by atoms with Gasteiger partial charge in [-0.1, -0.05) is 40.5 Å². The largest absolute Gasteiger partial charge is 0.484 e. The predicted molar refractivity (Wildman–Crippen MR) is 117 cm³/mol. The van der Waals surface area contributed by atoms with Crippen molar-refractivity contribution in [3.05, 3.63) is 63.5 Å². The van der Waals surface area contributed by atoms with Crippen LogP contribution in [0.3, 0.4) is 0 Å². The minimum atomic E-state index is -0.543. The monoisotopic (exact) mass is 462 g/mol. The van der Waals surface area contributed by atoms with Crippen LogP contribution in [0.1, 0.15) is 21.8 Å². The van der Waals surface area contributed by atoms with Gasteiger partial charge in [0.25, 0.3) is 5.91 Å². The van der Waals surface area contributed by atoms with Gasteiger partial charge < -0.3 is 19.9 Å². The number of carbonyl (C=O) groups is 2. The van der Waals surface area contributed by atoms with Gasteiger partial charge in [-0.25, -0.2) is 0 Å². The number of nitrogens with one attached hydrogen (secondary N) is 2. The van der Waals surface area contributed by atoms with E-state index in [1.165, 1.54) is 0 Å². The molecular weight excluding hydrogens is 443 g/mol. The Morgan fingerprint density at radius 2 is 1.77 bits per heavy atom. The van der Waals surface area contributed by atoms with Crippen molar-refractivity contribution in [3.8, 4) is 17.1 Å². The van der Waals surface area contributed by atoms with Crippen LogP contribution in [0.5, 0.6) is 5.75 Å². The highest BCUT2D eigenvalue weighted by molar-refractivity contribution is 6.32. The van der Waals surface area contributed by atoms with Crippen molar-refractivity contribution in [3.63, 3.8) is 0 Å². The first-order valence-electron chi connectivity index (χ1n) is 9.37. The third kappa shape index (κ3) is 6.19. The molecule has 0 radical (unpaired) electrons. The molecule has 0 saturated carbocycles. The molecular formula is C21H20Cl2N4O4. The molecule has 0 spiro atoms. The van der Waals surface area contributed by atoms with Crippen LogP contribution in [0.2, 0.25) is 10.0 Å². The zero-order valence-corrected chi connectivity index (χ0v) is 18.4. The van der Waals surface area contributed by atoms with E-state index in [2.05, 4.69) is 20.8 Å². The summed E-state index contributed by atoms with van der Waals surface area (Å²) >= 11 is 12.1. The van der Waals surface area contributed by atoms with E-state index in [4.69, 9.17) is 32.5 Å². The first-order chi connectivity index (χ1) is 14.8. The van der Waals surface area contributed by atoms with Crippen molar-refractivity contribution in [2.24, 2.45) is 0 Å². The summed E-state index contributed by atoms with van der Waals surface area (Å²) in [4.78, 5) is 28.1. The van der Waals surface area contributed by atoms with Gasteiger partial charge >= 0.3 is 11.8 Å². The maximum Gasteiger partial charge on any atom is 0.316 e. The number of aryl methyl sites for hydroxylation is 2.